The number of benzene rings is 1. The molecule has 1 aromatic carbocycles. The van der Waals surface area contributed by atoms with Crippen molar-refractivity contribution in [2.45, 2.75) is 50.2 Å². The summed E-state index contributed by atoms with van der Waals surface area (Å²) >= 11 is 12.7. The van der Waals surface area contributed by atoms with E-state index < -0.39 is 5.54 Å². The van der Waals surface area contributed by atoms with Crippen LogP contribution in [0, 0.1) is 5.92 Å². The zero-order valence-corrected chi connectivity index (χ0v) is 42.1. The summed E-state index contributed by atoms with van der Waals surface area (Å²) in [6.45, 7) is 12.2. The number of carbonyl (C=O) groups excluding carboxylic acids is 4. The number of nitrogens with two attached hydrogens (primary N) is 1. The number of nitrogens with one attached hydrogen (secondary N) is 4. The van der Waals surface area contributed by atoms with Crippen LogP contribution in [0.3, 0.4) is 0 Å². The fourth-order valence-electron chi connectivity index (χ4n) is 10.2. The molecule has 4 aliphatic heterocycles. The van der Waals surface area contributed by atoms with Crippen LogP contribution in [0.1, 0.15) is 54.2 Å². The second-order valence-electron chi connectivity index (χ2n) is 19.4. The van der Waals surface area contributed by atoms with E-state index >= 15 is 0 Å². The lowest BCUT2D eigenvalue weighted by atomic mass is 9.87. The van der Waals surface area contributed by atoms with Gasteiger partial charge in [-0.1, -0.05) is 40.5 Å². The van der Waals surface area contributed by atoms with E-state index in [4.69, 9.17) is 28.9 Å². The Morgan fingerprint density at radius 1 is 0.819 bits per heavy atom. The molecule has 4 saturated heterocycles. The van der Waals surface area contributed by atoms with Gasteiger partial charge in [-0.15, -0.1) is 5.10 Å². The number of aromatic amines is 1. The minimum Gasteiger partial charge on any atom is -0.356 e. The summed E-state index contributed by atoms with van der Waals surface area (Å²) in [5.41, 5.74) is 8.21. The second-order valence-corrected chi connectivity index (χ2v) is 20.2. The number of piperidine rings is 2. The van der Waals surface area contributed by atoms with E-state index in [-0.39, 0.29) is 47.1 Å². The van der Waals surface area contributed by atoms with Crippen molar-refractivity contribution in [1.82, 2.24) is 70.1 Å². The molecule has 0 spiro atoms. The molecular formula is C49H65Cl2N17O4. The monoisotopic (exact) mass is 1030 g/mol. The largest absolute Gasteiger partial charge is 0.356 e. The van der Waals surface area contributed by atoms with Gasteiger partial charge in [-0.05, 0) is 73.9 Å². The van der Waals surface area contributed by atoms with Gasteiger partial charge in [0.05, 0.1) is 48.5 Å². The van der Waals surface area contributed by atoms with Gasteiger partial charge < -0.3 is 46.3 Å². The number of piperazine rings is 2. The lowest BCUT2D eigenvalue weighted by Gasteiger charge is -2.40. The van der Waals surface area contributed by atoms with Crippen LogP contribution in [-0.2, 0) is 20.9 Å². The Labute approximate surface area is 429 Å². The van der Waals surface area contributed by atoms with E-state index in [9.17, 15) is 19.2 Å². The molecule has 9 rings (SSSR count). The summed E-state index contributed by atoms with van der Waals surface area (Å²) in [4.78, 5) is 82.8. The first kappa shape index (κ1) is 51.1. The van der Waals surface area contributed by atoms with E-state index in [1.54, 1.807) is 35.5 Å². The lowest BCUT2D eigenvalue weighted by Crippen LogP contribution is -2.60. The first-order valence-electron chi connectivity index (χ1n) is 25.1. The lowest BCUT2D eigenvalue weighted by molar-refractivity contribution is -0.134. The van der Waals surface area contributed by atoms with Crippen molar-refractivity contribution < 1.29 is 19.2 Å². The first-order valence-corrected chi connectivity index (χ1v) is 25.9. The van der Waals surface area contributed by atoms with E-state index in [0.717, 1.165) is 87.6 Å². The predicted molar refractivity (Wildman–Crippen MR) is 275 cm³/mol. The van der Waals surface area contributed by atoms with Crippen LogP contribution in [0.2, 0.25) is 10.2 Å². The Morgan fingerprint density at radius 2 is 1.56 bits per heavy atom. The molecule has 21 nitrogen and oxygen atoms in total. The Hall–Kier alpha value is -5.81. The number of pyridine rings is 1. The first-order chi connectivity index (χ1) is 35.0. The second kappa shape index (κ2) is 23.8. The highest BCUT2D eigenvalue weighted by Crippen LogP contribution is 2.30. The molecule has 384 valence electrons. The van der Waals surface area contributed by atoms with Crippen LogP contribution in [0.4, 0.5) is 11.5 Å². The summed E-state index contributed by atoms with van der Waals surface area (Å²) < 4.78 is 1.67. The number of rotatable bonds is 18. The number of nitrogens with zero attached hydrogens (tertiary/aromatic N) is 12. The number of H-pyrrole nitrogens is 1. The molecule has 1 atom stereocenters. The van der Waals surface area contributed by atoms with Crippen LogP contribution >= 0.6 is 23.2 Å². The van der Waals surface area contributed by atoms with Crippen molar-refractivity contribution in [3.8, 4) is 0 Å². The summed E-state index contributed by atoms with van der Waals surface area (Å²) in [6.07, 6.45) is 10.2. The van der Waals surface area contributed by atoms with Crippen molar-refractivity contribution >= 4 is 69.4 Å². The van der Waals surface area contributed by atoms with Crippen molar-refractivity contribution in [3.63, 3.8) is 0 Å². The number of amides is 4. The summed E-state index contributed by atoms with van der Waals surface area (Å²) in [5.74, 6) is 0.896. The fourth-order valence-corrected chi connectivity index (χ4v) is 10.5. The minimum absolute atomic E-state index is 0.0687. The van der Waals surface area contributed by atoms with Crippen LogP contribution < -0.4 is 26.6 Å². The van der Waals surface area contributed by atoms with Crippen LogP contribution in [-0.4, -0.2) is 200 Å². The number of carbonyl (C=O) groups is 4. The van der Waals surface area contributed by atoms with Crippen molar-refractivity contribution in [2.24, 2.45) is 11.7 Å². The molecule has 0 radical (unpaired) electrons. The molecule has 23 heteroatoms. The van der Waals surface area contributed by atoms with Gasteiger partial charge in [0, 0.05) is 116 Å². The molecule has 4 aromatic heterocycles. The maximum atomic E-state index is 14.0. The maximum absolute atomic E-state index is 14.0. The average molecular weight is 1030 g/mol. The molecule has 72 heavy (non-hydrogen) atoms. The summed E-state index contributed by atoms with van der Waals surface area (Å²) in [7, 11) is 0. The molecule has 0 saturated carbocycles. The Balaban J connectivity index is 0.657. The smallest absolute Gasteiger partial charge is 0.272 e. The number of hydrogen-bond acceptors (Lipinski definition) is 15. The molecule has 8 heterocycles. The third-order valence-corrected chi connectivity index (χ3v) is 15.2. The molecule has 4 aliphatic rings. The third kappa shape index (κ3) is 13.0. The van der Waals surface area contributed by atoms with Gasteiger partial charge in [-0.25, -0.2) is 15.0 Å². The summed E-state index contributed by atoms with van der Waals surface area (Å²) in [6, 6.07) is 12.6. The Morgan fingerprint density at radius 3 is 2.28 bits per heavy atom. The molecule has 6 N–H and O–H groups in total. The number of hydrogen-bond donors (Lipinski definition) is 5. The molecular weight excluding hydrogens is 962 g/mol. The van der Waals surface area contributed by atoms with Gasteiger partial charge in [0.15, 0.2) is 5.15 Å². The van der Waals surface area contributed by atoms with Crippen molar-refractivity contribution in [1.29, 1.82) is 0 Å². The van der Waals surface area contributed by atoms with Crippen LogP contribution in [0.15, 0.2) is 67.4 Å². The molecule has 0 bridgehead atoms. The molecule has 0 unspecified atom stereocenters. The number of aromatic nitrogens is 7. The summed E-state index contributed by atoms with van der Waals surface area (Å²) in [5, 5.41) is 18.4. The fraction of sp³-hybridized carbons (Fsp3) is 0.531. The van der Waals surface area contributed by atoms with Crippen LogP contribution in [0.25, 0.3) is 11.0 Å². The molecule has 0 aliphatic carbocycles. The predicted octanol–water partition coefficient (Wildman–Crippen LogP) is 2.34. The van der Waals surface area contributed by atoms with Gasteiger partial charge >= 0.3 is 0 Å². The topological polar surface area (TPSA) is 235 Å². The van der Waals surface area contributed by atoms with E-state index in [1.807, 2.05) is 46.3 Å². The maximum Gasteiger partial charge on any atom is 0.272 e. The van der Waals surface area contributed by atoms with Gasteiger partial charge in [0.1, 0.15) is 23.5 Å². The highest BCUT2D eigenvalue weighted by Gasteiger charge is 2.39. The number of anilines is 2. The van der Waals surface area contributed by atoms with Gasteiger partial charge in [0.25, 0.3) is 5.91 Å². The van der Waals surface area contributed by atoms with E-state index in [0.29, 0.717) is 94.8 Å². The third-order valence-electron chi connectivity index (χ3n) is 14.6. The number of likely N-dealkylation sites (tertiary alicyclic amines) is 1. The average Bonchev–Trinajstić information content (AvgIpc) is 4.12. The SMILES string of the molecule is NC1(C(=O)N[C@@H](CCN2CCN(C(=O)CN3CCN(CC4CCN(C(=O)c5ccc(NC(=O)CNCCn6ccnn6)c(Cl)n5)CC4)CC3)CC2)c2ccc(Cl)cc2)CCN(c2ncnc3[nH]ccc23)CC1. The van der Waals surface area contributed by atoms with E-state index in [1.165, 1.54) is 0 Å². The van der Waals surface area contributed by atoms with Crippen molar-refractivity contribution in [3.05, 3.63) is 88.8 Å². The molecule has 5 aromatic rings. The zero-order valence-electron chi connectivity index (χ0n) is 40.6. The van der Waals surface area contributed by atoms with Crippen LogP contribution in [0.5, 0.6) is 0 Å². The number of fused-ring (bicyclic) bond motifs is 1. The number of halogens is 2. The molecule has 4 fully saturated rings. The Kier molecular flexibility index (Phi) is 16.9. The Bertz CT molecular complexity index is 2600. The molecule has 4 amide bonds. The normalized spacial score (nSPS) is 18.8. The standard InChI is InChI=1S/C49H65Cl2N17O4/c50-37-3-1-36(2-4-37)39(60-48(72)49(52)11-19-66(20-12-49)46-38-7-13-54-45(38)55-34-56-46)10-16-62-27-29-65(30-28-62)43(70)33-64-25-23-63(24-26-64)32-35-8-17-67(18-9-35)47(71)41-6-5-40(44(51)59-41)58-42(69)31-53-14-21-68-22-15-57-61-68/h1-7,13,15,22,34-35,39,53H,8-12,14,16-21,23-33,52H2,(H,58,69)(H,60,72)(H,54,55,56)/t39-/m0/s1. The highest BCUT2D eigenvalue weighted by molar-refractivity contribution is 6.32. The van der Waals surface area contributed by atoms with E-state index in [2.05, 4.69) is 65.8 Å². The minimum atomic E-state index is -1.01. The van der Waals surface area contributed by atoms with Gasteiger partial charge in [0.2, 0.25) is 17.7 Å². The zero-order chi connectivity index (χ0) is 50.0. The van der Waals surface area contributed by atoms with Gasteiger partial charge in [-0.2, -0.15) is 0 Å². The van der Waals surface area contributed by atoms with Crippen molar-refractivity contribution in [2.75, 3.05) is 121 Å². The highest BCUT2D eigenvalue weighted by atomic mass is 35.5. The quantitative estimate of drug-likeness (QED) is 0.0626. The van der Waals surface area contributed by atoms with Gasteiger partial charge in [-0.3, -0.25) is 33.7 Å².